The normalized spacial score (nSPS) is 24.1. The number of oxazole rings is 1. The van der Waals surface area contributed by atoms with Gasteiger partial charge in [0.1, 0.15) is 5.76 Å². The standard InChI is InChI=1S/C48H62N7O4P/c1-48(60)22-19-37(20-23-48)45(56)51(2)42(35-12-4-3-5-13-35)21-27-52-28-29-53(33-39-30-49-34-59-39)38(31-52)32-54(43-18-10-14-36-15-11-24-50-44(36)43)25-8-9-26-55-46(57)40-16-6-7-17-41(40)47(55)58/h3-7,11-13,15-17,24,30,34,37-38,42-43H,8-10,14,18-23,25-29,31-33,60H2,1-2H3/t37?,38-,42+,43+,48?/m1/s1. The number of hydrogen-bond acceptors (Lipinski definition) is 9. The Bertz CT molecular complexity index is 2030. The Hall–Kier alpha value is -4.28. The summed E-state index contributed by atoms with van der Waals surface area (Å²) in [6.07, 6.45) is 14.9. The molecule has 2 aromatic carbocycles. The Kier molecular flexibility index (Phi) is 13.6. The highest BCUT2D eigenvalue weighted by molar-refractivity contribution is 7.18. The first-order valence-electron chi connectivity index (χ1n) is 22.2. The van der Waals surface area contributed by atoms with E-state index in [1.165, 1.54) is 28.1 Å². The number of carbonyl (C=O) groups is 3. The summed E-state index contributed by atoms with van der Waals surface area (Å²) < 4.78 is 5.80. The Morgan fingerprint density at radius 2 is 1.70 bits per heavy atom. The SMILES string of the molecule is CN(C(=O)C1CCC(C)(P)CC1)[C@@H](CCN1CCN(Cc2cnco2)[C@@H](CN(CCCCN2C(=O)c3ccccc3C2=O)[C@H]2CCCc3cccnc32)C1)c1ccccc1. The zero-order valence-electron chi connectivity index (χ0n) is 35.5. The molecule has 0 bridgehead atoms. The van der Waals surface area contributed by atoms with Crippen LogP contribution in [-0.2, 0) is 17.8 Å². The van der Waals surface area contributed by atoms with Crippen LogP contribution in [-0.4, -0.2) is 116 Å². The molecule has 4 aromatic rings. The lowest BCUT2D eigenvalue weighted by Crippen LogP contribution is -2.57. The molecule has 8 rings (SSSR count). The molecule has 2 aromatic heterocycles. The average Bonchev–Trinajstić information content (AvgIpc) is 3.87. The molecule has 60 heavy (non-hydrogen) atoms. The van der Waals surface area contributed by atoms with Gasteiger partial charge in [0, 0.05) is 64.5 Å². The maximum absolute atomic E-state index is 14.1. The molecule has 0 radical (unpaired) electrons. The molecule has 4 atom stereocenters. The van der Waals surface area contributed by atoms with Crippen molar-refractivity contribution in [3.8, 4) is 0 Å². The molecule has 2 aliphatic carbocycles. The summed E-state index contributed by atoms with van der Waals surface area (Å²) in [6, 6.07) is 22.4. The minimum absolute atomic E-state index is 0.00263. The number of piperazine rings is 1. The molecule has 12 heteroatoms. The van der Waals surface area contributed by atoms with Crippen LogP contribution in [0.4, 0.5) is 0 Å². The summed E-state index contributed by atoms with van der Waals surface area (Å²) in [5.74, 6) is 0.839. The zero-order valence-corrected chi connectivity index (χ0v) is 36.6. The molecule has 2 fully saturated rings. The van der Waals surface area contributed by atoms with Crippen LogP contribution in [0.5, 0.6) is 0 Å². The molecule has 0 N–H and O–H groups in total. The van der Waals surface area contributed by atoms with Crippen LogP contribution in [0, 0.1) is 5.92 Å². The van der Waals surface area contributed by atoms with Crippen LogP contribution >= 0.6 is 9.24 Å². The number of carbonyl (C=O) groups excluding carboxylic acids is 3. The third-order valence-electron chi connectivity index (χ3n) is 13.7. The van der Waals surface area contributed by atoms with Gasteiger partial charge < -0.3 is 14.2 Å². The van der Waals surface area contributed by atoms with Crippen LogP contribution in [0.2, 0.25) is 0 Å². The summed E-state index contributed by atoms with van der Waals surface area (Å²) in [7, 11) is 5.04. The fourth-order valence-corrected chi connectivity index (χ4v) is 10.5. The zero-order chi connectivity index (χ0) is 41.6. The molecule has 3 amide bonds. The van der Waals surface area contributed by atoms with Crippen molar-refractivity contribution >= 4 is 27.0 Å². The van der Waals surface area contributed by atoms with Gasteiger partial charge in [0.2, 0.25) is 5.91 Å². The molecule has 4 aliphatic rings. The summed E-state index contributed by atoms with van der Waals surface area (Å²) in [5.41, 5.74) is 4.70. The van der Waals surface area contributed by atoms with Gasteiger partial charge in [-0.3, -0.25) is 34.1 Å². The van der Waals surface area contributed by atoms with Gasteiger partial charge in [-0.2, -0.15) is 0 Å². The molecule has 1 saturated carbocycles. The van der Waals surface area contributed by atoms with Gasteiger partial charge in [-0.15, -0.1) is 9.24 Å². The van der Waals surface area contributed by atoms with E-state index < -0.39 is 0 Å². The highest BCUT2D eigenvalue weighted by Gasteiger charge is 2.38. The average molecular weight is 832 g/mol. The van der Waals surface area contributed by atoms with Gasteiger partial charge in [-0.05, 0) is 105 Å². The number of benzene rings is 2. The van der Waals surface area contributed by atoms with Gasteiger partial charge in [0.05, 0.1) is 41.6 Å². The lowest BCUT2D eigenvalue weighted by molar-refractivity contribution is -0.138. The number of aromatic nitrogens is 2. The highest BCUT2D eigenvalue weighted by atomic mass is 31.0. The van der Waals surface area contributed by atoms with Gasteiger partial charge in [-0.1, -0.05) is 55.5 Å². The van der Waals surface area contributed by atoms with Crippen molar-refractivity contribution in [1.82, 2.24) is 34.5 Å². The second-order valence-corrected chi connectivity index (χ2v) is 19.3. The lowest BCUT2D eigenvalue weighted by Gasteiger charge is -2.45. The maximum Gasteiger partial charge on any atom is 0.261 e. The monoisotopic (exact) mass is 831 g/mol. The number of amides is 3. The van der Waals surface area contributed by atoms with E-state index in [1.54, 1.807) is 12.1 Å². The van der Waals surface area contributed by atoms with E-state index in [1.807, 2.05) is 31.6 Å². The van der Waals surface area contributed by atoms with Crippen LogP contribution < -0.4 is 0 Å². The van der Waals surface area contributed by atoms with Gasteiger partial charge in [-0.25, -0.2) is 4.98 Å². The smallest absolute Gasteiger partial charge is 0.261 e. The highest BCUT2D eigenvalue weighted by Crippen LogP contribution is 2.40. The van der Waals surface area contributed by atoms with E-state index in [4.69, 9.17) is 9.40 Å². The van der Waals surface area contributed by atoms with Crippen molar-refractivity contribution in [2.24, 2.45) is 5.92 Å². The predicted molar refractivity (Wildman–Crippen MR) is 236 cm³/mol. The predicted octanol–water partition coefficient (Wildman–Crippen LogP) is 7.43. The van der Waals surface area contributed by atoms with Crippen molar-refractivity contribution in [2.75, 3.05) is 52.9 Å². The molecule has 1 saturated heterocycles. The van der Waals surface area contributed by atoms with E-state index in [9.17, 15) is 14.4 Å². The van der Waals surface area contributed by atoms with Crippen LogP contribution in [0.1, 0.15) is 120 Å². The Balaban J connectivity index is 0.982. The first-order chi connectivity index (χ1) is 29.1. The van der Waals surface area contributed by atoms with E-state index in [-0.39, 0.29) is 46.9 Å². The second kappa shape index (κ2) is 19.2. The molecular weight excluding hydrogens is 770 g/mol. The molecule has 11 nitrogen and oxygen atoms in total. The second-order valence-electron chi connectivity index (χ2n) is 18.0. The molecule has 318 valence electrons. The first-order valence-corrected chi connectivity index (χ1v) is 22.8. The Morgan fingerprint density at radius 1 is 0.950 bits per heavy atom. The number of pyridine rings is 1. The third kappa shape index (κ3) is 9.75. The fourth-order valence-electron chi connectivity index (χ4n) is 10.2. The lowest BCUT2D eigenvalue weighted by atomic mass is 9.81. The number of hydrogen-bond donors (Lipinski definition) is 0. The van der Waals surface area contributed by atoms with Crippen LogP contribution in [0.15, 0.2) is 89.9 Å². The number of rotatable bonds is 16. The number of unbranched alkanes of at least 4 members (excludes halogenated alkanes) is 1. The van der Waals surface area contributed by atoms with Crippen molar-refractivity contribution in [3.63, 3.8) is 0 Å². The maximum atomic E-state index is 14.1. The molecule has 1 unspecified atom stereocenters. The van der Waals surface area contributed by atoms with E-state index in [0.29, 0.717) is 24.2 Å². The number of nitrogens with zero attached hydrogens (tertiary/aromatic N) is 7. The van der Waals surface area contributed by atoms with Crippen molar-refractivity contribution in [1.29, 1.82) is 0 Å². The van der Waals surface area contributed by atoms with Gasteiger partial charge in [0.25, 0.3) is 11.8 Å². The van der Waals surface area contributed by atoms with Crippen LogP contribution in [0.3, 0.4) is 0 Å². The summed E-state index contributed by atoms with van der Waals surface area (Å²) in [6.45, 7) is 8.64. The molecular formula is C48H62N7O4P. The molecule has 0 spiro atoms. The van der Waals surface area contributed by atoms with E-state index in [0.717, 1.165) is 109 Å². The summed E-state index contributed by atoms with van der Waals surface area (Å²) in [4.78, 5) is 60.9. The first kappa shape index (κ1) is 42.4. The van der Waals surface area contributed by atoms with Crippen molar-refractivity contribution in [2.45, 2.75) is 101 Å². The Morgan fingerprint density at radius 3 is 2.43 bits per heavy atom. The van der Waals surface area contributed by atoms with Gasteiger partial charge >= 0.3 is 0 Å². The topological polar surface area (TPSA) is 106 Å². The van der Waals surface area contributed by atoms with E-state index in [2.05, 4.69) is 83.2 Å². The number of imide groups is 1. The van der Waals surface area contributed by atoms with Gasteiger partial charge in [0.15, 0.2) is 6.39 Å². The number of aryl methyl sites for hydroxylation is 1. The fraction of sp³-hybridized carbons (Fsp3) is 0.521. The quantitative estimate of drug-likeness (QED) is 0.0648. The minimum atomic E-state index is -0.189. The summed E-state index contributed by atoms with van der Waals surface area (Å²) >= 11 is 0. The molecule has 2 aliphatic heterocycles. The Labute approximate surface area is 358 Å². The molecule has 4 heterocycles. The van der Waals surface area contributed by atoms with Crippen molar-refractivity contribution < 1.29 is 18.8 Å². The van der Waals surface area contributed by atoms with Crippen LogP contribution in [0.25, 0.3) is 0 Å². The van der Waals surface area contributed by atoms with E-state index >= 15 is 0 Å². The largest absolute Gasteiger partial charge is 0.447 e. The van der Waals surface area contributed by atoms with Crippen molar-refractivity contribution in [3.05, 3.63) is 119 Å². The third-order valence-corrected chi connectivity index (χ3v) is 14.3. The number of fused-ring (bicyclic) bond motifs is 2. The summed E-state index contributed by atoms with van der Waals surface area (Å²) in [5, 5.41) is 0.231. The minimum Gasteiger partial charge on any atom is -0.447 e.